The zero-order valence-corrected chi connectivity index (χ0v) is 17.6. The lowest BCUT2D eigenvalue weighted by atomic mass is 10.2. The van der Waals surface area contributed by atoms with Crippen LogP contribution in [0.2, 0.25) is 0 Å². The SMILES string of the molecule is CCNC(=NCc1cccc(OC(F)F)c1)NCc1ccccc1OC.I. The second kappa shape index (κ2) is 12.3. The Morgan fingerprint density at radius 1 is 1.11 bits per heavy atom. The molecule has 2 aromatic rings. The molecule has 0 aliphatic heterocycles. The summed E-state index contributed by atoms with van der Waals surface area (Å²) in [5.74, 6) is 1.55. The van der Waals surface area contributed by atoms with Crippen LogP contribution in [-0.4, -0.2) is 26.2 Å². The van der Waals surface area contributed by atoms with E-state index in [1.54, 1.807) is 19.2 Å². The normalized spacial score (nSPS) is 10.9. The number of nitrogens with zero attached hydrogens (tertiary/aromatic N) is 1. The predicted molar refractivity (Wildman–Crippen MR) is 113 cm³/mol. The van der Waals surface area contributed by atoms with Gasteiger partial charge in [-0.3, -0.25) is 0 Å². The molecule has 0 unspecified atom stereocenters. The molecule has 148 valence electrons. The molecule has 0 heterocycles. The Kier molecular flexibility index (Phi) is 10.5. The van der Waals surface area contributed by atoms with Crippen molar-refractivity contribution >= 4 is 29.9 Å². The van der Waals surface area contributed by atoms with Crippen LogP contribution in [0, 0.1) is 0 Å². The van der Waals surface area contributed by atoms with Gasteiger partial charge in [0.15, 0.2) is 5.96 Å². The van der Waals surface area contributed by atoms with Gasteiger partial charge in [-0.2, -0.15) is 8.78 Å². The minimum absolute atomic E-state index is 0. The van der Waals surface area contributed by atoms with E-state index in [2.05, 4.69) is 20.4 Å². The molecule has 0 saturated heterocycles. The second-order valence-electron chi connectivity index (χ2n) is 5.39. The molecule has 27 heavy (non-hydrogen) atoms. The second-order valence-corrected chi connectivity index (χ2v) is 5.39. The highest BCUT2D eigenvalue weighted by atomic mass is 127. The molecule has 0 radical (unpaired) electrons. The summed E-state index contributed by atoms with van der Waals surface area (Å²) >= 11 is 0. The van der Waals surface area contributed by atoms with Gasteiger partial charge in [-0.25, -0.2) is 4.99 Å². The molecule has 2 N–H and O–H groups in total. The molecular weight excluding hydrogens is 467 g/mol. The van der Waals surface area contributed by atoms with Gasteiger partial charge in [0, 0.05) is 18.7 Å². The lowest BCUT2D eigenvalue weighted by Crippen LogP contribution is -2.36. The van der Waals surface area contributed by atoms with E-state index in [9.17, 15) is 8.78 Å². The standard InChI is InChI=1S/C19H23F2N3O2.HI/c1-3-22-19(24-13-15-8-4-5-10-17(15)25-2)23-12-14-7-6-9-16(11-14)26-18(20)21;/h4-11,18H,3,12-13H2,1-2H3,(H2,22,23,24);1H. The minimum atomic E-state index is -2.84. The fourth-order valence-corrected chi connectivity index (χ4v) is 2.36. The van der Waals surface area contributed by atoms with Gasteiger partial charge in [0.05, 0.1) is 13.7 Å². The zero-order valence-electron chi connectivity index (χ0n) is 15.2. The molecule has 0 aromatic heterocycles. The summed E-state index contributed by atoms with van der Waals surface area (Å²) in [6.07, 6.45) is 0. The number of benzene rings is 2. The van der Waals surface area contributed by atoms with Crippen LogP contribution >= 0.6 is 24.0 Å². The van der Waals surface area contributed by atoms with Crippen molar-refractivity contribution in [2.45, 2.75) is 26.6 Å². The van der Waals surface area contributed by atoms with E-state index in [-0.39, 0.29) is 29.7 Å². The van der Waals surface area contributed by atoms with Crippen LogP contribution in [0.3, 0.4) is 0 Å². The van der Waals surface area contributed by atoms with Gasteiger partial charge in [-0.1, -0.05) is 30.3 Å². The third-order valence-electron chi connectivity index (χ3n) is 3.53. The van der Waals surface area contributed by atoms with Gasteiger partial charge in [0.1, 0.15) is 11.5 Å². The van der Waals surface area contributed by atoms with E-state index in [1.807, 2.05) is 37.3 Å². The van der Waals surface area contributed by atoms with Crippen LogP contribution in [0.1, 0.15) is 18.1 Å². The van der Waals surface area contributed by atoms with Crippen molar-refractivity contribution in [1.29, 1.82) is 0 Å². The third kappa shape index (κ3) is 7.98. The number of hydrogen-bond donors (Lipinski definition) is 2. The van der Waals surface area contributed by atoms with Crippen LogP contribution in [0.5, 0.6) is 11.5 Å². The molecule has 8 heteroatoms. The summed E-state index contributed by atoms with van der Waals surface area (Å²) in [5, 5.41) is 6.39. The lowest BCUT2D eigenvalue weighted by Gasteiger charge is -2.13. The van der Waals surface area contributed by atoms with Gasteiger partial charge in [0.2, 0.25) is 0 Å². The fourth-order valence-electron chi connectivity index (χ4n) is 2.36. The summed E-state index contributed by atoms with van der Waals surface area (Å²) in [6.45, 7) is 0.712. The average molecular weight is 491 g/mol. The summed E-state index contributed by atoms with van der Waals surface area (Å²) in [7, 11) is 1.63. The maximum atomic E-state index is 12.3. The lowest BCUT2D eigenvalue weighted by molar-refractivity contribution is -0.0498. The fraction of sp³-hybridized carbons (Fsp3) is 0.316. The molecule has 0 atom stereocenters. The number of guanidine groups is 1. The Balaban J connectivity index is 0.00000364. The zero-order chi connectivity index (χ0) is 18.8. The first-order valence-electron chi connectivity index (χ1n) is 8.30. The molecule has 0 amide bonds. The number of rotatable bonds is 8. The number of methoxy groups -OCH3 is 1. The Morgan fingerprint density at radius 2 is 1.89 bits per heavy atom. The van der Waals surface area contributed by atoms with E-state index in [0.29, 0.717) is 25.6 Å². The first-order chi connectivity index (χ1) is 12.6. The molecule has 0 aliphatic carbocycles. The maximum absolute atomic E-state index is 12.3. The number of alkyl halides is 2. The first-order valence-corrected chi connectivity index (χ1v) is 8.30. The monoisotopic (exact) mass is 491 g/mol. The van der Waals surface area contributed by atoms with E-state index in [0.717, 1.165) is 16.9 Å². The van der Waals surface area contributed by atoms with Gasteiger partial charge in [0.25, 0.3) is 0 Å². The molecule has 0 saturated carbocycles. The summed E-state index contributed by atoms with van der Waals surface area (Å²) in [6, 6.07) is 14.2. The molecule has 2 aromatic carbocycles. The smallest absolute Gasteiger partial charge is 0.387 e. The minimum Gasteiger partial charge on any atom is -0.496 e. The predicted octanol–water partition coefficient (Wildman–Crippen LogP) is 4.17. The van der Waals surface area contributed by atoms with Gasteiger partial charge in [-0.05, 0) is 30.7 Å². The number of aliphatic imine (C=N–C) groups is 1. The largest absolute Gasteiger partial charge is 0.496 e. The van der Waals surface area contributed by atoms with Crippen molar-refractivity contribution in [2.24, 2.45) is 4.99 Å². The van der Waals surface area contributed by atoms with E-state index in [1.165, 1.54) is 6.07 Å². The van der Waals surface area contributed by atoms with Crippen molar-refractivity contribution < 1.29 is 18.3 Å². The maximum Gasteiger partial charge on any atom is 0.387 e. The van der Waals surface area contributed by atoms with E-state index >= 15 is 0 Å². The Bertz CT molecular complexity index is 730. The van der Waals surface area contributed by atoms with Crippen LogP contribution in [0.4, 0.5) is 8.78 Å². The van der Waals surface area contributed by atoms with Gasteiger partial charge >= 0.3 is 6.61 Å². The molecular formula is C19H24F2IN3O2. The summed E-state index contributed by atoms with van der Waals surface area (Å²) in [5.41, 5.74) is 1.78. The summed E-state index contributed by atoms with van der Waals surface area (Å²) < 4.78 is 34.4. The van der Waals surface area contributed by atoms with Crippen molar-refractivity contribution in [1.82, 2.24) is 10.6 Å². The number of ether oxygens (including phenoxy) is 2. The number of halogens is 3. The summed E-state index contributed by atoms with van der Waals surface area (Å²) in [4.78, 5) is 4.49. The van der Waals surface area contributed by atoms with Crippen LogP contribution in [-0.2, 0) is 13.1 Å². The van der Waals surface area contributed by atoms with Crippen LogP contribution < -0.4 is 20.1 Å². The Morgan fingerprint density at radius 3 is 2.59 bits per heavy atom. The number of hydrogen-bond acceptors (Lipinski definition) is 3. The quantitative estimate of drug-likeness (QED) is 0.331. The average Bonchev–Trinajstić information content (AvgIpc) is 2.64. The molecule has 0 aliphatic rings. The molecule has 0 fully saturated rings. The van der Waals surface area contributed by atoms with Crippen molar-refractivity contribution in [3.05, 3.63) is 59.7 Å². The first kappa shape index (κ1) is 22.9. The molecule has 5 nitrogen and oxygen atoms in total. The number of para-hydroxylation sites is 1. The Hall–Kier alpha value is -2.10. The van der Waals surface area contributed by atoms with Gasteiger partial charge in [-0.15, -0.1) is 24.0 Å². The van der Waals surface area contributed by atoms with Crippen molar-refractivity contribution in [3.8, 4) is 11.5 Å². The highest BCUT2D eigenvalue weighted by molar-refractivity contribution is 14.0. The Labute approximate surface area is 175 Å². The van der Waals surface area contributed by atoms with Crippen LogP contribution in [0.25, 0.3) is 0 Å². The van der Waals surface area contributed by atoms with E-state index in [4.69, 9.17) is 4.74 Å². The molecule has 2 rings (SSSR count). The topological polar surface area (TPSA) is 54.9 Å². The molecule has 0 bridgehead atoms. The highest BCUT2D eigenvalue weighted by Gasteiger charge is 2.06. The van der Waals surface area contributed by atoms with Gasteiger partial charge < -0.3 is 20.1 Å². The van der Waals surface area contributed by atoms with E-state index < -0.39 is 6.61 Å². The van der Waals surface area contributed by atoms with Crippen molar-refractivity contribution in [3.63, 3.8) is 0 Å². The number of nitrogens with one attached hydrogen (secondary N) is 2. The van der Waals surface area contributed by atoms with Crippen molar-refractivity contribution in [2.75, 3.05) is 13.7 Å². The van der Waals surface area contributed by atoms with Crippen LogP contribution in [0.15, 0.2) is 53.5 Å². The molecule has 0 spiro atoms. The third-order valence-corrected chi connectivity index (χ3v) is 3.53. The highest BCUT2D eigenvalue weighted by Crippen LogP contribution is 2.17.